The molecular formula is C18H21FN2. The summed E-state index contributed by atoms with van der Waals surface area (Å²) in [7, 11) is 0. The molecule has 2 N–H and O–H groups in total. The maximum Gasteiger partial charge on any atom is 0.147 e. The van der Waals surface area contributed by atoms with Gasteiger partial charge in [0.25, 0.3) is 0 Å². The van der Waals surface area contributed by atoms with E-state index >= 15 is 0 Å². The minimum atomic E-state index is -0.193. The van der Waals surface area contributed by atoms with E-state index < -0.39 is 0 Å². The zero-order valence-corrected chi connectivity index (χ0v) is 12.3. The predicted molar refractivity (Wildman–Crippen MR) is 85.4 cm³/mol. The van der Waals surface area contributed by atoms with Crippen LogP contribution >= 0.6 is 0 Å². The Bertz CT molecular complexity index is 637. The lowest BCUT2D eigenvalue weighted by Crippen LogP contribution is -2.19. The number of hydrogen-bond acceptors (Lipinski definition) is 2. The molecule has 110 valence electrons. The number of nitrogens with zero attached hydrogens (tertiary/aromatic N) is 1. The minimum absolute atomic E-state index is 0.148. The van der Waals surface area contributed by atoms with E-state index in [1.54, 1.807) is 6.07 Å². The molecule has 1 aliphatic heterocycles. The van der Waals surface area contributed by atoms with Crippen molar-refractivity contribution in [2.24, 2.45) is 5.73 Å². The van der Waals surface area contributed by atoms with Crippen molar-refractivity contribution in [3.63, 3.8) is 0 Å². The molecule has 0 saturated carbocycles. The van der Waals surface area contributed by atoms with Crippen molar-refractivity contribution in [2.45, 2.75) is 32.2 Å². The van der Waals surface area contributed by atoms with Crippen LogP contribution in [-0.2, 0) is 6.42 Å². The van der Waals surface area contributed by atoms with Gasteiger partial charge in [0.2, 0.25) is 0 Å². The normalized spacial score (nSPS) is 16.2. The van der Waals surface area contributed by atoms with E-state index in [9.17, 15) is 4.39 Å². The van der Waals surface area contributed by atoms with Crippen molar-refractivity contribution >= 4 is 11.4 Å². The number of benzene rings is 2. The number of nitrogens with two attached hydrogens (primary N) is 1. The van der Waals surface area contributed by atoms with Crippen LogP contribution in [0.15, 0.2) is 42.5 Å². The molecule has 0 amide bonds. The molecule has 3 heteroatoms. The third-order valence-corrected chi connectivity index (χ3v) is 4.15. The Morgan fingerprint density at radius 2 is 1.90 bits per heavy atom. The monoisotopic (exact) mass is 284 g/mol. The number of anilines is 2. The Morgan fingerprint density at radius 1 is 1.10 bits per heavy atom. The molecule has 0 radical (unpaired) electrons. The third-order valence-electron chi connectivity index (χ3n) is 4.15. The van der Waals surface area contributed by atoms with E-state index in [0.717, 1.165) is 37.1 Å². The van der Waals surface area contributed by atoms with Gasteiger partial charge < -0.3 is 10.6 Å². The molecule has 0 aromatic heterocycles. The number of fused-ring (bicyclic) bond motifs is 1. The topological polar surface area (TPSA) is 29.3 Å². The lowest BCUT2D eigenvalue weighted by molar-refractivity contribution is 0.618. The van der Waals surface area contributed by atoms with Crippen LogP contribution in [0.1, 0.15) is 36.9 Å². The average Bonchev–Trinajstić information content (AvgIpc) is 2.69. The molecule has 0 aliphatic carbocycles. The van der Waals surface area contributed by atoms with E-state index in [1.807, 2.05) is 25.1 Å². The molecule has 1 unspecified atom stereocenters. The summed E-state index contributed by atoms with van der Waals surface area (Å²) in [5, 5.41) is 0. The van der Waals surface area contributed by atoms with Crippen LogP contribution in [0.2, 0.25) is 0 Å². The van der Waals surface area contributed by atoms with Crippen LogP contribution in [0.25, 0.3) is 0 Å². The van der Waals surface area contributed by atoms with Gasteiger partial charge in [-0.25, -0.2) is 4.39 Å². The molecule has 0 saturated heterocycles. The quantitative estimate of drug-likeness (QED) is 0.890. The summed E-state index contributed by atoms with van der Waals surface area (Å²) in [5.74, 6) is -0.193. The first-order chi connectivity index (χ1) is 10.2. The van der Waals surface area contributed by atoms with E-state index in [2.05, 4.69) is 23.1 Å². The minimum Gasteiger partial charge on any atom is -0.339 e. The number of aryl methyl sites for hydroxylation is 1. The van der Waals surface area contributed by atoms with Gasteiger partial charge in [0.15, 0.2) is 0 Å². The first-order valence-electron chi connectivity index (χ1n) is 7.57. The second-order valence-corrected chi connectivity index (χ2v) is 5.74. The fraction of sp³-hybridized carbons (Fsp3) is 0.333. The van der Waals surface area contributed by atoms with Crippen molar-refractivity contribution in [1.82, 2.24) is 0 Å². The Labute approximate surface area is 125 Å². The molecule has 21 heavy (non-hydrogen) atoms. The van der Waals surface area contributed by atoms with Crippen molar-refractivity contribution in [2.75, 3.05) is 11.4 Å². The molecule has 3 rings (SSSR count). The highest BCUT2D eigenvalue weighted by atomic mass is 19.1. The van der Waals surface area contributed by atoms with Crippen molar-refractivity contribution in [3.05, 3.63) is 59.4 Å². The Kier molecular flexibility index (Phi) is 3.93. The van der Waals surface area contributed by atoms with Crippen molar-refractivity contribution in [3.8, 4) is 0 Å². The molecule has 2 aromatic carbocycles. The standard InChI is InChI=1S/C18H21FN2/c1-13(20)15-9-10-18(16(19)12-15)21-11-5-4-7-14-6-2-3-8-17(14)21/h2-3,6,8-10,12-13H,4-5,7,11,20H2,1H3. The molecule has 1 aliphatic rings. The summed E-state index contributed by atoms with van der Waals surface area (Å²) in [6.07, 6.45) is 3.28. The van der Waals surface area contributed by atoms with Gasteiger partial charge in [0.1, 0.15) is 5.82 Å². The highest BCUT2D eigenvalue weighted by molar-refractivity contribution is 5.67. The van der Waals surface area contributed by atoms with Gasteiger partial charge in [-0.05, 0) is 55.5 Å². The molecule has 1 heterocycles. The maximum absolute atomic E-state index is 14.5. The lowest BCUT2D eigenvalue weighted by atomic mass is 10.1. The van der Waals surface area contributed by atoms with Crippen molar-refractivity contribution in [1.29, 1.82) is 0 Å². The number of hydrogen-bond donors (Lipinski definition) is 1. The molecule has 2 aromatic rings. The van der Waals surface area contributed by atoms with Crippen LogP contribution in [0.5, 0.6) is 0 Å². The molecular weight excluding hydrogens is 263 g/mol. The first kappa shape index (κ1) is 14.1. The van der Waals surface area contributed by atoms with Gasteiger partial charge in [-0.1, -0.05) is 24.3 Å². The summed E-state index contributed by atoms with van der Waals surface area (Å²) < 4.78 is 14.5. The van der Waals surface area contributed by atoms with Crippen LogP contribution in [0.3, 0.4) is 0 Å². The van der Waals surface area contributed by atoms with Gasteiger partial charge in [0, 0.05) is 18.3 Å². The summed E-state index contributed by atoms with van der Waals surface area (Å²) >= 11 is 0. The van der Waals surface area contributed by atoms with Crippen LogP contribution in [-0.4, -0.2) is 6.54 Å². The van der Waals surface area contributed by atoms with Gasteiger partial charge in [-0.2, -0.15) is 0 Å². The fourth-order valence-electron chi connectivity index (χ4n) is 2.97. The van der Waals surface area contributed by atoms with E-state index in [1.165, 1.54) is 5.56 Å². The smallest absolute Gasteiger partial charge is 0.147 e. The number of rotatable bonds is 2. The summed E-state index contributed by atoms with van der Waals surface area (Å²) in [5.41, 5.74) is 9.74. The van der Waals surface area contributed by atoms with E-state index in [0.29, 0.717) is 5.69 Å². The second kappa shape index (κ2) is 5.86. The van der Waals surface area contributed by atoms with Crippen LogP contribution in [0, 0.1) is 5.82 Å². The lowest BCUT2D eigenvalue weighted by Gasteiger charge is -2.26. The van der Waals surface area contributed by atoms with Gasteiger partial charge >= 0.3 is 0 Å². The predicted octanol–water partition coefficient (Wildman–Crippen LogP) is 4.32. The average molecular weight is 284 g/mol. The molecule has 0 spiro atoms. The maximum atomic E-state index is 14.5. The summed E-state index contributed by atoms with van der Waals surface area (Å²) in [6, 6.07) is 13.5. The SMILES string of the molecule is CC(N)c1ccc(N2CCCCc3ccccc32)c(F)c1. The largest absolute Gasteiger partial charge is 0.339 e. The van der Waals surface area contributed by atoms with Gasteiger partial charge in [0.05, 0.1) is 5.69 Å². The summed E-state index contributed by atoms with van der Waals surface area (Å²) in [4.78, 5) is 2.10. The summed E-state index contributed by atoms with van der Waals surface area (Å²) in [6.45, 7) is 2.72. The molecule has 2 nitrogen and oxygen atoms in total. The second-order valence-electron chi connectivity index (χ2n) is 5.74. The third kappa shape index (κ3) is 2.79. The van der Waals surface area contributed by atoms with E-state index in [4.69, 9.17) is 5.73 Å². The zero-order valence-electron chi connectivity index (χ0n) is 12.3. The number of para-hydroxylation sites is 1. The highest BCUT2D eigenvalue weighted by Gasteiger charge is 2.19. The molecule has 1 atom stereocenters. The number of halogens is 1. The molecule has 0 fully saturated rings. The Hall–Kier alpha value is -1.87. The molecule has 0 bridgehead atoms. The van der Waals surface area contributed by atoms with E-state index in [-0.39, 0.29) is 11.9 Å². The van der Waals surface area contributed by atoms with Crippen LogP contribution in [0.4, 0.5) is 15.8 Å². The Balaban J connectivity index is 2.04. The highest BCUT2D eigenvalue weighted by Crippen LogP contribution is 2.34. The van der Waals surface area contributed by atoms with Crippen LogP contribution < -0.4 is 10.6 Å². The Morgan fingerprint density at radius 3 is 2.67 bits per heavy atom. The fourth-order valence-corrected chi connectivity index (χ4v) is 2.97. The van der Waals surface area contributed by atoms with Gasteiger partial charge in [-0.3, -0.25) is 0 Å². The first-order valence-corrected chi connectivity index (χ1v) is 7.57. The zero-order chi connectivity index (χ0) is 14.8. The van der Waals surface area contributed by atoms with Gasteiger partial charge in [-0.15, -0.1) is 0 Å². The van der Waals surface area contributed by atoms with Crippen molar-refractivity contribution < 1.29 is 4.39 Å².